The average Bonchev–Trinajstić information content (AvgIpc) is 2.61. The van der Waals surface area contributed by atoms with Gasteiger partial charge in [-0.1, -0.05) is 17.7 Å². The van der Waals surface area contributed by atoms with Crippen molar-refractivity contribution in [3.8, 4) is 0 Å². The van der Waals surface area contributed by atoms with Crippen LogP contribution in [-0.4, -0.2) is 32.2 Å². The van der Waals surface area contributed by atoms with Crippen molar-refractivity contribution in [2.24, 2.45) is 0 Å². The van der Waals surface area contributed by atoms with Gasteiger partial charge in [0.05, 0.1) is 24.5 Å². The molecular formula is C20H21F3N2O2. The number of carbonyl (C=O) groups is 1. The molecule has 0 aromatic heterocycles. The van der Waals surface area contributed by atoms with Crippen LogP contribution in [0.3, 0.4) is 0 Å². The van der Waals surface area contributed by atoms with E-state index in [9.17, 15) is 18.0 Å². The highest BCUT2D eigenvalue weighted by molar-refractivity contribution is 6.05. The molecule has 1 amide bonds. The summed E-state index contributed by atoms with van der Waals surface area (Å²) in [4.78, 5) is 14.3. The maximum Gasteiger partial charge on any atom is 0.418 e. The number of nitrogens with one attached hydrogen (secondary N) is 1. The highest BCUT2D eigenvalue weighted by atomic mass is 19.4. The van der Waals surface area contributed by atoms with Crippen LogP contribution in [0.25, 0.3) is 0 Å². The topological polar surface area (TPSA) is 41.6 Å². The van der Waals surface area contributed by atoms with Crippen molar-refractivity contribution < 1.29 is 22.7 Å². The average molecular weight is 378 g/mol. The molecule has 0 atom stereocenters. The molecule has 0 saturated carbocycles. The molecule has 27 heavy (non-hydrogen) atoms. The second kappa shape index (κ2) is 7.60. The minimum Gasteiger partial charge on any atom is -0.378 e. The lowest BCUT2D eigenvalue weighted by atomic mass is 10.0. The Labute approximate surface area is 155 Å². The van der Waals surface area contributed by atoms with Crippen LogP contribution in [0.5, 0.6) is 0 Å². The van der Waals surface area contributed by atoms with E-state index in [0.717, 1.165) is 11.6 Å². The number of hydrogen-bond acceptors (Lipinski definition) is 3. The number of alkyl halides is 3. The number of anilines is 2. The second-order valence-corrected chi connectivity index (χ2v) is 6.60. The highest BCUT2D eigenvalue weighted by Gasteiger charge is 2.35. The Balaban J connectivity index is 1.91. The Morgan fingerprint density at radius 2 is 1.78 bits per heavy atom. The van der Waals surface area contributed by atoms with Crippen LogP contribution in [-0.2, 0) is 10.9 Å². The molecule has 0 aliphatic carbocycles. The highest BCUT2D eigenvalue weighted by Crippen LogP contribution is 2.37. The van der Waals surface area contributed by atoms with Crippen molar-refractivity contribution in [1.82, 2.24) is 0 Å². The molecule has 0 radical (unpaired) electrons. The Bertz CT molecular complexity index is 844. The minimum absolute atomic E-state index is 0.246. The molecule has 2 aromatic rings. The quantitative estimate of drug-likeness (QED) is 0.860. The number of nitrogens with zero attached hydrogens (tertiary/aromatic N) is 1. The van der Waals surface area contributed by atoms with Gasteiger partial charge in [0.2, 0.25) is 0 Å². The largest absolute Gasteiger partial charge is 0.418 e. The molecule has 1 aliphatic heterocycles. The van der Waals surface area contributed by atoms with Gasteiger partial charge < -0.3 is 15.0 Å². The standard InChI is InChI=1S/C20H21F3N2O2/c1-13-3-5-16(14(2)11-13)19(26)24-18-6-4-15(12-17(18)20(21,22)23)25-7-9-27-10-8-25/h3-6,11-12H,7-10H2,1-2H3,(H,24,26). The maximum atomic E-state index is 13.6. The molecule has 0 unspecified atom stereocenters. The Morgan fingerprint density at radius 3 is 2.41 bits per heavy atom. The van der Waals surface area contributed by atoms with Gasteiger partial charge in [-0.05, 0) is 43.7 Å². The number of carbonyl (C=O) groups excluding carboxylic acids is 1. The van der Waals surface area contributed by atoms with E-state index in [-0.39, 0.29) is 5.69 Å². The molecule has 0 bridgehead atoms. The molecule has 1 aliphatic rings. The van der Waals surface area contributed by atoms with Crippen LogP contribution < -0.4 is 10.2 Å². The fourth-order valence-electron chi connectivity index (χ4n) is 3.15. The zero-order valence-corrected chi connectivity index (χ0v) is 15.2. The normalized spacial score (nSPS) is 14.9. The molecule has 1 fully saturated rings. The maximum absolute atomic E-state index is 13.6. The monoisotopic (exact) mass is 378 g/mol. The summed E-state index contributed by atoms with van der Waals surface area (Å²) in [6, 6.07) is 9.20. The summed E-state index contributed by atoms with van der Waals surface area (Å²) in [5.74, 6) is -0.558. The molecule has 3 rings (SSSR count). The summed E-state index contributed by atoms with van der Waals surface area (Å²) in [5.41, 5.74) is 1.41. The summed E-state index contributed by atoms with van der Waals surface area (Å²) in [6.07, 6.45) is -4.58. The zero-order chi connectivity index (χ0) is 19.6. The number of halogens is 3. The molecule has 4 nitrogen and oxygen atoms in total. The Hall–Kier alpha value is -2.54. The van der Waals surface area contributed by atoms with Gasteiger partial charge in [0, 0.05) is 24.3 Å². The van der Waals surface area contributed by atoms with Crippen molar-refractivity contribution in [3.63, 3.8) is 0 Å². The zero-order valence-electron chi connectivity index (χ0n) is 15.2. The van der Waals surface area contributed by atoms with E-state index in [1.807, 2.05) is 17.9 Å². The SMILES string of the molecule is Cc1ccc(C(=O)Nc2ccc(N3CCOCC3)cc2C(F)(F)F)c(C)c1. The first-order chi connectivity index (χ1) is 12.8. The van der Waals surface area contributed by atoms with Crippen LogP contribution in [0.15, 0.2) is 36.4 Å². The number of morpholine rings is 1. The molecule has 1 saturated heterocycles. The van der Waals surface area contributed by atoms with Crippen molar-refractivity contribution in [3.05, 3.63) is 58.7 Å². The van der Waals surface area contributed by atoms with Gasteiger partial charge in [-0.25, -0.2) is 0 Å². The summed E-state index contributed by atoms with van der Waals surface area (Å²) in [5, 5.41) is 2.42. The fraction of sp³-hybridized carbons (Fsp3) is 0.350. The van der Waals surface area contributed by atoms with Gasteiger partial charge in [-0.3, -0.25) is 4.79 Å². The summed E-state index contributed by atoms with van der Waals surface area (Å²) < 4.78 is 46.0. The van der Waals surface area contributed by atoms with Gasteiger partial charge in [0.25, 0.3) is 5.91 Å². The lowest BCUT2D eigenvalue weighted by molar-refractivity contribution is -0.136. The number of hydrogen-bond donors (Lipinski definition) is 1. The van der Waals surface area contributed by atoms with E-state index in [4.69, 9.17) is 4.74 Å². The summed E-state index contributed by atoms with van der Waals surface area (Å²) in [7, 11) is 0. The van der Waals surface area contributed by atoms with Crippen LogP contribution in [0.1, 0.15) is 27.0 Å². The van der Waals surface area contributed by atoms with E-state index >= 15 is 0 Å². The predicted molar refractivity (Wildman–Crippen MR) is 98.3 cm³/mol. The van der Waals surface area contributed by atoms with Crippen LogP contribution in [0.2, 0.25) is 0 Å². The third kappa shape index (κ3) is 4.42. The van der Waals surface area contributed by atoms with Gasteiger partial charge >= 0.3 is 6.18 Å². The third-order valence-electron chi connectivity index (χ3n) is 4.56. The number of rotatable bonds is 3. The van der Waals surface area contributed by atoms with Crippen LogP contribution in [0.4, 0.5) is 24.5 Å². The van der Waals surface area contributed by atoms with Crippen LogP contribution in [0, 0.1) is 13.8 Å². The summed E-state index contributed by atoms with van der Waals surface area (Å²) in [6.45, 7) is 5.67. The Kier molecular flexibility index (Phi) is 5.41. The van der Waals surface area contributed by atoms with Gasteiger partial charge in [-0.15, -0.1) is 0 Å². The van der Waals surface area contributed by atoms with Gasteiger partial charge in [-0.2, -0.15) is 13.2 Å². The first-order valence-corrected chi connectivity index (χ1v) is 8.68. The van der Waals surface area contributed by atoms with E-state index < -0.39 is 17.6 Å². The van der Waals surface area contributed by atoms with Crippen LogP contribution >= 0.6 is 0 Å². The second-order valence-electron chi connectivity index (χ2n) is 6.60. The fourth-order valence-corrected chi connectivity index (χ4v) is 3.15. The molecular weight excluding hydrogens is 357 g/mol. The van der Waals surface area contributed by atoms with Gasteiger partial charge in [0.15, 0.2) is 0 Å². The first kappa shape index (κ1) is 19.2. The van der Waals surface area contributed by atoms with Gasteiger partial charge in [0.1, 0.15) is 0 Å². The first-order valence-electron chi connectivity index (χ1n) is 8.68. The lowest BCUT2D eigenvalue weighted by Gasteiger charge is -2.29. The predicted octanol–water partition coefficient (Wildman–Crippen LogP) is 4.41. The molecule has 7 heteroatoms. The van der Waals surface area contributed by atoms with Crippen molar-refractivity contribution in [1.29, 1.82) is 0 Å². The third-order valence-corrected chi connectivity index (χ3v) is 4.56. The smallest absolute Gasteiger partial charge is 0.378 e. The number of aryl methyl sites for hydroxylation is 2. The minimum atomic E-state index is -4.58. The lowest BCUT2D eigenvalue weighted by Crippen LogP contribution is -2.36. The molecule has 144 valence electrons. The van der Waals surface area contributed by atoms with E-state index in [0.29, 0.717) is 43.1 Å². The summed E-state index contributed by atoms with van der Waals surface area (Å²) >= 11 is 0. The molecule has 1 heterocycles. The molecule has 2 aromatic carbocycles. The Morgan fingerprint density at radius 1 is 1.07 bits per heavy atom. The van der Waals surface area contributed by atoms with Crippen molar-refractivity contribution in [2.45, 2.75) is 20.0 Å². The van der Waals surface area contributed by atoms with Crippen molar-refractivity contribution in [2.75, 3.05) is 36.5 Å². The van der Waals surface area contributed by atoms with E-state index in [2.05, 4.69) is 5.32 Å². The number of ether oxygens (including phenoxy) is 1. The van der Waals surface area contributed by atoms with Crippen molar-refractivity contribution >= 4 is 17.3 Å². The number of benzene rings is 2. The molecule has 0 spiro atoms. The van der Waals surface area contributed by atoms with E-state index in [1.54, 1.807) is 25.1 Å². The van der Waals surface area contributed by atoms with E-state index in [1.165, 1.54) is 6.07 Å². The molecule has 1 N–H and O–H groups in total. The number of amides is 1.